The van der Waals surface area contributed by atoms with Crippen LogP contribution in [0.2, 0.25) is 0 Å². The number of aromatic nitrogens is 2. The minimum atomic E-state index is 0.454. The van der Waals surface area contributed by atoms with Crippen molar-refractivity contribution < 1.29 is 4.74 Å². The molecule has 1 aromatic heterocycles. The van der Waals surface area contributed by atoms with E-state index in [1.807, 2.05) is 23.0 Å². The Bertz CT molecular complexity index is 666. The van der Waals surface area contributed by atoms with E-state index in [4.69, 9.17) is 4.74 Å². The molecule has 1 heterocycles. The molecule has 1 unspecified atom stereocenters. The van der Waals surface area contributed by atoms with Gasteiger partial charge in [0.15, 0.2) is 5.96 Å². The second kappa shape index (κ2) is 9.71. The lowest BCUT2D eigenvalue weighted by molar-refractivity contribution is 0.409. The molecule has 1 aromatic carbocycles. The highest BCUT2D eigenvalue weighted by Gasteiger charge is 2.06. The van der Waals surface area contributed by atoms with E-state index >= 15 is 0 Å². The van der Waals surface area contributed by atoms with Gasteiger partial charge in [-0.15, -0.1) is 0 Å². The number of ether oxygens (including phenoxy) is 1. The molecule has 0 saturated heterocycles. The van der Waals surface area contributed by atoms with E-state index in [0.29, 0.717) is 5.92 Å². The summed E-state index contributed by atoms with van der Waals surface area (Å²) >= 11 is 0. The lowest BCUT2D eigenvalue weighted by Crippen LogP contribution is -2.40. The second-order valence-electron chi connectivity index (χ2n) is 6.28. The normalized spacial score (nSPS) is 12.7. The van der Waals surface area contributed by atoms with Crippen molar-refractivity contribution in [2.45, 2.75) is 26.8 Å². The van der Waals surface area contributed by atoms with E-state index in [1.54, 1.807) is 20.4 Å². The average Bonchev–Trinajstić information content (AvgIpc) is 3.11. The van der Waals surface area contributed by atoms with Crippen molar-refractivity contribution >= 4 is 5.96 Å². The lowest BCUT2D eigenvalue weighted by Gasteiger charge is -2.16. The van der Waals surface area contributed by atoms with Crippen molar-refractivity contribution in [1.82, 2.24) is 20.4 Å². The van der Waals surface area contributed by atoms with Gasteiger partial charge in [0.25, 0.3) is 0 Å². The summed E-state index contributed by atoms with van der Waals surface area (Å²) in [6, 6.07) is 8.20. The zero-order valence-corrected chi connectivity index (χ0v) is 15.6. The molecular weight excluding hydrogens is 314 g/mol. The fourth-order valence-electron chi connectivity index (χ4n) is 2.70. The van der Waals surface area contributed by atoms with Crippen LogP contribution in [0.25, 0.3) is 0 Å². The lowest BCUT2D eigenvalue weighted by atomic mass is 10.1. The maximum absolute atomic E-state index is 5.43. The molecule has 0 spiro atoms. The fourth-order valence-corrected chi connectivity index (χ4v) is 2.70. The van der Waals surface area contributed by atoms with Crippen molar-refractivity contribution in [3.8, 4) is 5.75 Å². The predicted molar refractivity (Wildman–Crippen MR) is 102 cm³/mol. The Morgan fingerprint density at radius 1 is 1.36 bits per heavy atom. The topological polar surface area (TPSA) is 63.5 Å². The van der Waals surface area contributed by atoms with Gasteiger partial charge < -0.3 is 15.4 Å². The summed E-state index contributed by atoms with van der Waals surface area (Å²) in [6.45, 7) is 6.81. The standard InChI is InChI=1S/C19H29N5O/c1-15-6-7-18(25-4)17(12-15)8-10-21-19(20-3)22-13-16(2)14-24-11-5-9-23-24/h5-7,9,11-12,16H,8,10,13-14H2,1-4H3,(H2,20,21,22). The van der Waals surface area contributed by atoms with Crippen molar-refractivity contribution in [2.75, 3.05) is 27.2 Å². The van der Waals surface area contributed by atoms with Gasteiger partial charge in [-0.05, 0) is 37.0 Å². The summed E-state index contributed by atoms with van der Waals surface area (Å²) in [6.07, 6.45) is 4.67. The van der Waals surface area contributed by atoms with Gasteiger partial charge in [0.2, 0.25) is 0 Å². The zero-order valence-electron chi connectivity index (χ0n) is 15.6. The molecule has 0 fully saturated rings. The third-order valence-electron chi connectivity index (χ3n) is 4.02. The molecule has 0 amide bonds. The molecule has 2 N–H and O–H groups in total. The van der Waals surface area contributed by atoms with Gasteiger partial charge in [0.1, 0.15) is 5.75 Å². The molecule has 0 radical (unpaired) electrons. The number of nitrogens with one attached hydrogen (secondary N) is 2. The van der Waals surface area contributed by atoms with Crippen LogP contribution in [0.3, 0.4) is 0 Å². The van der Waals surface area contributed by atoms with Gasteiger partial charge in [0, 0.05) is 39.1 Å². The maximum atomic E-state index is 5.43. The maximum Gasteiger partial charge on any atom is 0.190 e. The zero-order chi connectivity index (χ0) is 18.1. The smallest absolute Gasteiger partial charge is 0.190 e. The number of aliphatic imine (C=N–C) groups is 1. The molecule has 0 bridgehead atoms. The number of rotatable bonds is 8. The third-order valence-corrected chi connectivity index (χ3v) is 4.02. The quantitative estimate of drug-likeness (QED) is 0.570. The number of hydrogen-bond donors (Lipinski definition) is 2. The van der Waals surface area contributed by atoms with Gasteiger partial charge in [-0.3, -0.25) is 9.67 Å². The Balaban J connectivity index is 1.76. The first-order valence-corrected chi connectivity index (χ1v) is 8.68. The van der Waals surface area contributed by atoms with Crippen LogP contribution >= 0.6 is 0 Å². The summed E-state index contributed by atoms with van der Waals surface area (Å²) in [5, 5.41) is 11.0. The Morgan fingerprint density at radius 2 is 2.20 bits per heavy atom. The van der Waals surface area contributed by atoms with E-state index in [1.165, 1.54) is 11.1 Å². The molecule has 0 saturated carbocycles. The number of aryl methyl sites for hydroxylation is 1. The van der Waals surface area contributed by atoms with Crippen molar-refractivity contribution in [3.63, 3.8) is 0 Å². The van der Waals surface area contributed by atoms with E-state index < -0.39 is 0 Å². The summed E-state index contributed by atoms with van der Waals surface area (Å²) in [4.78, 5) is 4.29. The van der Waals surface area contributed by atoms with Gasteiger partial charge >= 0.3 is 0 Å². The first-order valence-electron chi connectivity index (χ1n) is 8.68. The number of benzene rings is 1. The van der Waals surface area contributed by atoms with Crippen molar-refractivity contribution in [3.05, 3.63) is 47.8 Å². The van der Waals surface area contributed by atoms with Crippen molar-refractivity contribution in [1.29, 1.82) is 0 Å². The molecule has 25 heavy (non-hydrogen) atoms. The Kier molecular flexibility index (Phi) is 7.32. The fraction of sp³-hybridized carbons (Fsp3) is 0.474. The SMILES string of the molecule is CN=C(NCCc1cc(C)ccc1OC)NCC(C)Cn1cccn1. The first kappa shape index (κ1) is 18.8. The van der Waals surface area contributed by atoms with Gasteiger partial charge in [-0.1, -0.05) is 24.6 Å². The predicted octanol–water partition coefficient (Wildman–Crippen LogP) is 2.24. The minimum absolute atomic E-state index is 0.454. The molecule has 0 aliphatic rings. The van der Waals surface area contributed by atoms with Crippen LogP contribution in [0.15, 0.2) is 41.7 Å². The average molecular weight is 343 g/mol. The Morgan fingerprint density at radius 3 is 2.88 bits per heavy atom. The first-order chi connectivity index (χ1) is 12.1. The summed E-state index contributed by atoms with van der Waals surface area (Å²) in [7, 11) is 3.50. The van der Waals surface area contributed by atoms with E-state index in [0.717, 1.165) is 37.8 Å². The highest BCUT2D eigenvalue weighted by Crippen LogP contribution is 2.19. The molecule has 6 nitrogen and oxygen atoms in total. The Hall–Kier alpha value is -2.50. The van der Waals surface area contributed by atoms with E-state index in [9.17, 15) is 0 Å². The highest BCUT2D eigenvalue weighted by molar-refractivity contribution is 5.79. The molecule has 6 heteroatoms. The molecule has 0 aliphatic carbocycles. The molecule has 2 aromatic rings. The van der Waals surface area contributed by atoms with Gasteiger partial charge in [0.05, 0.1) is 7.11 Å². The van der Waals surface area contributed by atoms with Crippen LogP contribution in [0.1, 0.15) is 18.1 Å². The number of hydrogen-bond acceptors (Lipinski definition) is 3. The number of nitrogens with zero attached hydrogens (tertiary/aromatic N) is 3. The Labute approximate surface area is 150 Å². The van der Waals surface area contributed by atoms with E-state index in [2.05, 4.69) is 46.7 Å². The highest BCUT2D eigenvalue weighted by atomic mass is 16.5. The van der Waals surface area contributed by atoms with Crippen LogP contribution in [-0.4, -0.2) is 43.0 Å². The van der Waals surface area contributed by atoms with Crippen LogP contribution in [0.5, 0.6) is 5.75 Å². The summed E-state index contributed by atoms with van der Waals surface area (Å²) in [5.41, 5.74) is 2.45. The summed E-state index contributed by atoms with van der Waals surface area (Å²) < 4.78 is 7.38. The minimum Gasteiger partial charge on any atom is -0.496 e. The van der Waals surface area contributed by atoms with E-state index in [-0.39, 0.29) is 0 Å². The molecule has 0 aliphatic heterocycles. The molecule has 136 valence electrons. The summed E-state index contributed by atoms with van der Waals surface area (Å²) in [5.74, 6) is 2.21. The van der Waals surface area contributed by atoms with Gasteiger partial charge in [-0.2, -0.15) is 5.10 Å². The monoisotopic (exact) mass is 343 g/mol. The largest absolute Gasteiger partial charge is 0.496 e. The van der Waals surface area contributed by atoms with Crippen LogP contribution in [0, 0.1) is 12.8 Å². The molecule has 1 atom stereocenters. The van der Waals surface area contributed by atoms with Crippen LogP contribution in [0.4, 0.5) is 0 Å². The van der Waals surface area contributed by atoms with Crippen molar-refractivity contribution in [2.24, 2.45) is 10.9 Å². The molecular formula is C19H29N5O. The second-order valence-corrected chi connectivity index (χ2v) is 6.28. The third kappa shape index (κ3) is 6.14. The number of methoxy groups -OCH3 is 1. The van der Waals surface area contributed by atoms with Crippen LogP contribution < -0.4 is 15.4 Å². The number of guanidine groups is 1. The molecule has 2 rings (SSSR count). The van der Waals surface area contributed by atoms with Crippen LogP contribution in [-0.2, 0) is 13.0 Å². The van der Waals surface area contributed by atoms with Gasteiger partial charge in [-0.25, -0.2) is 0 Å².